The molecule has 0 spiro atoms. The fourth-order valence-corrected chi connectivity index (χ4v) is 2.07. The predicted molar refractivity (Wildman–Crippen MR) is 84.2 cm³/mol. The van der Waals surface area contributed by atoms with Gasteiger partial charge in [-0.05, 0) is 64.4 Å². The average Bonchev–Trinajstić information content (AvgIpc) is 2.41. The Bertz CT molecular complexity index is 541. The van der Waals surface area contributed by atoms with Gasteiger partial charge in [0.05, 0.1) is 12.1 Å². The molecule has 0 saturated heterocycles. The highest BCUT2D eigenvalue weighted by atomic mass is 16.5. The number of unbranched alkanes of at least 4 members (excludes halogenated alkanes) is 1. The van der Waals surface area contributed by atoms with Crippen LogP contribution in [0.5, 0.6) is 5.75 Å². The second-order valence-corrected chi connectivity index (χ2v) is 6.06. The predicted octanol–water partition coefficient (Wildman–Crippen LogP) is 3.78. The van der Waals surface area contributed by atoms with Crippen LogP contribution >= 0.6 is 0 Å². The summed E-state index contributed by atoms with van der Waals surface area (Å²) >= 11 is 0. The van der Waals surface area contributed by atoms with Gasteiger partial charge in [-0.1, -0.05) is 6.07 Å². The second kappa shape index (κ2) is 6.71. The number of ether oxygens (including phenoxy) is 1. The second-order valence-electron chi connectivity index (χ2n) is 6.06. The van der Waals surface area contributed by atoms with Gasteiger partial charge in [0, 0.05) is 17.1 Å². The third kappa shape index (κ3) is 4.49. The molecule has 0 atom stereocenters. The van der Waals surface area contributed by atoms with Crippen LogP contribution in [0.1, 0.15) is 33.6 Å². The Kier molecular flexibility index (Phi) is 4.96. The lowest BCUT2D eigenvalue weighted by molar-refractivity contribution is 0.304. The van der Waals surface area contributed by atoms with Crippen molar-refractivity contribution >= 4 is 10.9 Å². The Balaban J connectivity index is 1.79. The summed E-state index contributed by atoms with van der Waals surface area (Å²) in [6.07, 6.45) is 3.99. The first kappa shape index (κ1) is 14.8. The number of nitrogens with zero attached hydrogens (tertiary/aromatic N) is 1. The molecule has 1 heterocycles. The molecule has 0 unspecified atom stereocenters. The van der Waals surface area contributed by atoms with Crippen LogP contribution in [0, 0.1) is 0 Å². The molecule has 3 heteroatoms. The summed E-state index contributed by atoms with van der Waals surface area (Å²) in [5.74, 6) is 0.930. The first-order chi connectivity index (χ1) is 9.56. The Morgan fingerprint density at radius 3 is 2.75 bits per heavy atom. The first-order valence-corrected chi connectivity index (χ1v) is 7.28. The number of fused-ring (bicyclic) bond motifs is 1. The lowest BCUT2D eigenvalue weighted by Gasteiger charge is -2.20. The maximum absolute atomic E-state index is 5.88. The van der Waals surface area contributed by atoms with E-state index in [4.69, 9.17) is 4.74 Å². The fourth-order valence-electron chi connectivity index (χ4n) is 2.07. The largest absolute Gasteiger partial charge is 0.493 e. The average molecular weight is 272 g/mol. The molecule has 1 aromatic carbocycles. The van der Waals surface area contributed by atoms with Crippen LogP contribution in [0.3, 0.4) is 0 Å². The fraction of sp³-hybridized carbons (Fsp3) is 0.471. The normalized spacial score (nSPS) is 11.8. The van der Waals surface area contributed by atoms with Gasteiger partial charge in [-0.25, -0.2) is 0 Å². The van der Waals surface area contributed by atoms with Crippen molar-refractivity contribution in [2.24, 2.45) is 0 Å². The maximum Gasteiger partial charge on any atom is 0.128 e. The quantitative estimate of drug-likeness (QED) is 0.813. The van der Waals surface area contributed by atoms with E-state index in [0.717, 1.165) is 42.6 Å². The molecule has 2 aromatic rings. The Labute approximate surface area is 121 Å². The van der Waals surface area contributed by atoms with Gasteiger partial charge in [0.15, 0.2) is 0 Å². The number of nitrogens with one attached hydrogen (secondary N) is 1. The zero-order valence-electron chi connectivity index (χ0n) is 12.6. The number of benzene rings is 1. The van der Waals surface area contributed by atoms with Crippen molar-refractivity contribution in [3.63, 3.8) is 0 Å². The van der Waals surface area contributed by atoms with E-state index < -0.39 is 0 Å². The molecule has 0 fully saturated rings. The molecule has 1 N–H and O–H groups in total. The van der Waals surface area contributed by atoms with E-state index in [1.165, 1.54) is 0 Å². The van der Waals surface area contributed by atoms with Crippen molar-refractivity contribution in [2.45, 2.75) is 39.2 Å². The first-order valence-electron chi connectivity index (χ1n) is 7.28. The van der Waals surface area contributed by atoms with Gasteiger partial charge in [-0.3, -0.25) is 4.98 Å². The minimum Gasteiger partial charge on any atom is -0.493 e. The van der Waals surface area contributed by atoms with Crippen molar-refractivity contribution in [1.82, 2.24) is 10.3 Å². The summed E-state index contributed by atoms with van der Waals surface area (Å²) < 4.78 is 5.88. The molecule has 108 valence electrons. The molecule has 1 aromatic heterocycles. The van der Waals surface area contributed by atoms with Gasteiger partial charge < -0.3 is 10.1 Å². The highest BCUT2D eigenvalue weighted by Gasteiger charge is 2.07. The summed E-state index contributed by atoms with van der Waals surface area (Å²) in [7, 11) is 0. The topological polar surface area (TPSA) is 34.1 Å². The van der Waals surface area contributed by atoms with Crippen LogP contribution in [0.4, 0.5) is 0 Å². The van der Waals surface area contributed by atoms with Crippen LogP contribution in [-0.2, 0) is 0 Å². The van der Waals surface area contributed by atoms with E-state index in [-0.39, 0.29) is 5.54 Å². The molecule has 3 nitrogen and oxygen atoms in total. The van der Waals surface area contributed by atoms with E-state index in [1.807, 2.05) is 30.5 Å². The van der Waals surface area contributed by atoms with E-state index in [9.17, 15) is 0 Å². The standard InChI is InChI=1S/C17H24N2O/c1-17(2,3)19-12-4-5-13-20-16-10-6-9-15-14(16)8-7-11-18-15/h6-11,19H,4-5,12-13H2,1-3H3. The van der Waals surface area contributed by atoms with Crippen LogP contribution < -0.4 is 10.1 Å². The molecule has 0 bridgehead atoms. The SMILES string of the molecule is CC(C)(C)NCCCCOc1cccc2ncccc12. The Hall–Kier alpha value is -1.61. The van der Waals surface area contributed by atoms with Gasteiger partial charge in [-0.2, -0.15) is 0 Å². The monoisotopic (exact) mass is 272 g/mol. The molecule has 2 rings (SSSR count). The number of hydrogen-bond donors (Lipinski definition) is 1. The molecule has 0 radical (unpaired) electrons. The van der Waals surface area contributed by atoms with E-state index in [1.54, 1.807) is 0 Å². The lowest BCUT2D eigenvalue weighted by Crippen LogP contribution is -2.36. The highest BCUT2D eigenvalue weighted by molar-refractivity contribution is 5.84. The third-order valence-electron chi connectivity index (χ3n) is 3.09. The van der Waals surface area contributed by atoms with Crippen LogP contribution in [0.2, 0.25) is 0 Å². The molecule has 0 amide bonds. The van der Waals surface area contributed by atoms with E-state index >= 15 is 0 Å². The van der Waals surface area contributed by atoms with Crippen molar-refractivity contribution in [3.05, 3.63) is 36.5 Å². The summed E-state index contributed by atoms with van der Waals surface area (Å²) in [6, 6.07) is 10.0. The maximum atomic E-state index is 5.88. The van der Waals surface area contributed by atoms with E-state index in [2.05, 4.69) is 37.1 Å². The van der Waals surface area contributed by atoms with Gasteiger partial charge in [0.1, 0.15) is 5.75 Å². The molecule has 0 aliphatic carbocycles. The van der Waals surface area contributed by atoms with Gasteiger partial charge in [0.2, 0.25) is 0 Å². The van der Waals surface area contributed by atoms with E-state index in [0.29, 0.717) is 0 Å². The number of hydrogen-bond acceptors (Lipinski definition) is 3. The summed E-state index contributed by atoms with van der Waals surface area (Å²) in [5.41, 5.74) is 1.18. The molecular formula is C17H24N2O. The Morgan fingerprint density at radius 1 is 1.10 bits per heavy atom. The van der Waals surface area contributed by atoms with Crippen molar-refractivity contribution < 1.29 is 4.74 Å². The summed E-state index contributed by atoms with van der Waals surface area (Å²) in [4.78, 5) is 4.34. The number of aromatic nitrogens is 1. The minimum atomic E-state index is 0.197. The number of pyridine rings is 1. The van der Waals surface area contributed by atoms with Crippen LogP contribution in [-0.4, -0.2) is 23.7 Å². The smallest absolute Gasteiger partial charge is 0.128 e. The molecule has 0 aliphatic heterocycles. The van der Waals surface area contributed by atoms with Crippen LogP contribution in [0.15, 0.2) is 36.5 Å². The molecular weight excluding hydrogens is 248 g/mol. The number of rotatable bonds is 6. The zero-order valence-corrected chi connectivity index (χ0v) is 12.6. The summed E-state index contributed by atoms with van der Waals surface area (Å²) in [6.45, 7) is 8.34. The van der Waals surface area contributed by atoms with Crippen molar-refractivity contribution in [2.75, 3.05) is 13.2 Å². The molecule has 0 aliphatic rings. The zero-order chi connectivity index (χ0) is 14.4. The molecule has 20 heavy (non-hydrogen) atoms. The lowest BCUT2D eigenvalue weighted by atomic mass is 10.1. The molecule has 0 saturated carbocycles. The summed E-state index contributed by atoms with van der Waals surface area (Å²) in [5, 5.41) is 4.57. The highest BCUT2D eigenvalue weighted by Crippen LogP contribution is 2.23. The van der Waals surface area contributed by atoms with Crippen molar-refractivity contribution in [3.8, 4) is 5.75 Å². The van der Waals surface area contributed by atoms with Gasteiger partial charge in [-0.15, -0.1) is 0 Å². The third-order valence-corrected chi connectivity index (χ3v) is 3.09. The Morgan fingerprint density at radius 2 is 1.95 bits per heavy atom. The van der Waals surface area contributed by atoms with Gasteiger partial charge >= 0.3 is 0 Å². The minimum absolute atomic E-state index is 0.197. The van der Waals surface area contributed by atoms with Crippen LogP contribution in [0.25, 0.3) is 10.9 Å². The van der Waals surface area contributed by atoms with Crippen molar-refractivity contribution in [1.29, 1.82) is 0 Å². The van der Waals surface area contributed by atoms with Gasteiger partial charge in [0.25, 0.3) is 0 Å².